The molecule has 1 heterocycles. The van der Waals surface area contributed by atoms with Crippen LogP contribution in [-0.4, -0.2) is 20.3 Å². The molecule has 0 unspecified atom stereocenters. The quantitative estimate of drug-likeness (QED) is 0.695. The van der Waals surface area contributed by atoms with Gasteiger partial charge in [-0.1, -0.05) is 28.1 Å². The Hall–Kier alpha value is -0.315. The first-order chi connectivity index (χ1) is 6.36. The molecular formula is C9H10BBrO2. The first-order valence-corrected chi connectivity index (χ1v) is 5.14. The van der Waals surface area contributed by atoms with Crippen molar-refractivity contribution in [1.82, 2.24) is 0 Å². The lowest BCUT2D eigenvalue weighted by Crippen LogP contribution is -2.40. The highest BCUT2D eigenvalue weighted by molar-refractivity contribution is 9.10. The van der Waals surface area contributed by atoms with E-state index in [2.05, 4.69) is 15.9 Å². The first-order valence-electron chi connectivity index (χ1n) is 4.35. The smallest absolute Gasteiger partial charge is 0.407 e. The third kappa shape index (κ3) is 2.33. The van der Waals surface area contributed by atoms with E-state index in [1.807, 2.05) is 24.3 Å². The molecule has 0 radical (unpaired) electrons. The molecule has 0 aromatic heterocycles. The molecule has 0 N–H and O–H groups in total. The molecule has 0 aliphatic carbocycles. The molecule has 1 fully saturated rings. The van der Waals surface area contributed by atoms with Crippen molar-refractivity contribution >= 4 is 28.5 Å². The summed E-state index contributed by atoms with van der Waals surface area (Å²) >= 11 is 3.39. The van der Waals surface area contributed by atoms with Gasteiger partial charge in [-0.3, -0.25) is 0 Å². The highest BCUT2D eigenvalue weighted by atomic mass is 79.9. The topological polar surface area (TPSA) is 18.5 Å². The van der Waals surface area contributed by atoms with Crippen LogP contribution in [0.4, 0.5) is 0 Å². The van der Waals surface area contributed by atoms with Crippen molar-refractivity contribution < 1.29 is 9.31 Å². The Labute approximate surface area is 86.5 Å². The fourth-order valence-corrected chi connectivity index (χ4v) is 1.56. The van der Waals surface area contributed by atoms with Crippen LogP contribution in [0.5, 0.6) is 0 Å². The summed E-state index contributed by atoms with van der Waals surface area (Å²) in [4.78, 5) is 0. The molecular weight excluding hydrogens is 231 g/mol. The molecule has 0 saturated carbocycles. The molecule has 1 aromatic rings. The molecule has 68 valence electrons. The van der Waals surface area contributed by atoms with Gasteiger partial charge in [-0.25, -0.2) is 0 Å². The lowest BCUT2D eigenvalue weighted by atomic mass is 9.78. The van der Waals surface area contributed by atoms with Crippen molar-refractivity contribution in [3.05, 3.63) is 28.7 Å². The summed E-state index contributed by atoms with van der Waals surface area (Å²) in [6.45, 7) is 1.58. The van der Waals surface area contributed by atoms with Crippen LogP contribution in [0.25, 0.3) is 0 Å². The number of rotatable bonds is 1. The summed E-state index contributed by atoms with van der Waals surface area (Å²) in [5.74, 6) is 0. The normalized spacial score (nSPS) is 17.5. The zero-order chi connectivity index (χ0) is 9.10. The third-order valence-electron chi connectivity index (χ3n) is 1.97. The van der Waals surface area contributed by atoms with Crippen LogP contribution in [0, 0.1) is 0 Å². The van der Waals surface area contributed by atoms with Gasteiger partial charge in [-0.15, -0.1) is 0 Å². The minimum Gasteiger partial charge on any atom is -0.407 e. The Balaban J connectivity index is 2.10. The summed E-state index contributed by atoms with van der Waals surface area (Å²) in [5.41, 5.74) is 1.09. The summed E-state index contributed by atoms with van der Waals surface area (Å²) in [6, 6.07) is 8.02. The largest absolute Gasteiger partial charge is 0.493 e. The predicted molar refractivity (Wildman–Crippen MR) is 56.1 cm³/mol. The van der Waals surface area contributed by atoms with Gasteiger partial charge in [0.1, 0.15) is 0 Å². The van der Waals surface area contributed by atoms with E-state index in [4.69, 9.17) is 9.31 Å². The van der Waals surface area contributed by atoms with E-state index >= 15 is 0 Å². The molecule has 4 heteroatoms. The zero-order valence-electron chi connectivity index (χ0n) is 7.20. The molecule has 13 heavy (non-hydrogen) atoms. The van der Waals surface area contributed by atoms with Gasteiger partial charge in [0.15, 0.2) is 0 Å². The Bertz CT molecular complexity index is 269. The molecule has 0 atom stereocenters. The second-order valence-electron chi connectivity index (χ2n) is 2.98. The van der Waals surface area contributed by atoms with E-state index in [-0.39, 0.29) is 7.12 Å². The summed E-state index contributed by atoms with van der Waals surface area (Å²) in [7, 11) is -0.165. The molecule has 0 bridgehead atoms. The summed E-state index contributed by atoms with van der Waals surface area (Å²) in [6.07, 6.45) is 0.993. The standard InChI is InChI=1S/C9H10BBrO2/c11-9-4-2-8(3-5-9)10-12-6-1-7-13-10/h2-5H,1,6-7H2. The van der Waals surface area contributed by atoms with Crippen LogP contribution < -0.4 is 5.46 Å². The van der Waals surface area contributed by atoms with Crippen molar-refractivity contribution in [2.24, 2.45) is 0 Å². The lowest BCUT2D eigenvalue weighted by Gasteiger charge is -2.19. The molecule has 1 aliphatic rings. The van der Waals surface area contributed by atoms with Crippen LogP contribution in [0.3, 0.4) is 0 Å². The van der Waals surface area contributed by atoms with E-state index in [1.54, 1.807) is 0 Å². The maximum Gasteiger partial charge on any atom is 0.493 e. The van der Waals surface area contributed by atoms with E-state index < -0.39 is 0 Å². The highest BCUT2D eigenvalue weighted by Gasteiger charge is 2.23. The minimum atomic E-state index is -0.165. The maximum atomic E-state index is 5.47. The fraction of sp³-hybridized carbons (Fsp3) is 0.333. The van der Waals surface area contributed by atoms with Gasteiger partial charge in [0.25, 0.3) is 0 Å². The summed E-state index contributed by atoms with van der Waals surface area (Å²) in [5, 5.41) is 0. The van der Waals surface area contributed by atoms with Gasteiger partial charge in [0.05, 0.1) is 0 Å². The minimum absolute atomic E-state index is 0.165. The van der Waals surface area contributed by atoms with Crippen molar-refractivity contribution in [3.8, 4) is 0 Å². The first kappa shape index (κ1) is 9.25. The van der Waals surface area contributed by atoms with Gasteiger partial charge in [-0.05, 0) is 24.0 Å². The van der Waals surface area contributed by atoms with Crippen molar-refractivity contribution in [3.63, 3.8) is 0 Å². The van der Waals surface area contributed by atoms with E-state index in [1.165, 1.54) is 0 Å². The Kier molecular flexibility index (Phi) is 3.03. The van der Waals surface area contributed by atoms with Crippen molar-refractivity contribution in [2.45, 2.75) is 6.42 Å². The SMILES string of the molecule is Brc1ccc(B2OCCCO2)cc1. The second kappa shape index (κ2) is 4.27. The van der Waals surface area contributed by atoms with Gasteiger partial charge in [0.2, 0.25) is 0 Å². The molecule has 1 saturated heterocycles. The van der Waals surface area contributed by atoms with Gasteiger partial charge in [0, 0.05) is 17.7 Å². The Morgan fingerprint density at radius 3 is 2.31 bits per heavy atom. The maximum absolute atomic E-state index is 5.47. The van der Waals surface area contributed by atoms with E-state index in [0.717, 1.165) is 29.6 Å². The molecule has 1 aromatic carbocycles. The van der Waals surface area contributed by atoms with Crippen LogP contribution in [-0.2, 0) is 9.31 Å². The molecule has 0 amide bonds. The van der Waals surface area contributed by atoms with Gasteiger partial charge < -0.3 is 9.31 Å². The number of hydrogen-bond acceptors (Lipinski definition) is 2. The average Bonchev–Trinajstić information content (AvgIpc) is 2.20. The number of benzene rings is 1. The predicted octanol–water partition coefficient (Wildman–Crippen LogP) is 1.58. The lowest BCUT2D eigenvalue weighted by molar-refractivity contribution is 0.143. The zero-order valence-corrected chi connectivity index (χ0v) is 8.79. The highest BCUT2D eigenvalue weighted by Crippen LogP contribution is 2.08. The molecule has 1 aliphatic heterocycles. The second-order valence-corrected chi connectivity index (χ2v) is 3.89. The molecule has 2 rings (SSSR count). The number of halogens is 1. The van der Waals surface area contributed by atoms with Crippen LogP contribution in [0.15, 0.2) is 28.7 Å². The monoisotopic (exact) mass is 240 g/mol. The van der Waals surface area contributed by atoms with Crippen LogP contribution in [0.1, 0.15) is 6.42 Å². The Morgan fingerprint density at radius 2 is 1.69 bits per heavy atom. The Morgan fingerprint density at radius 1 is 1.08 bits per heavy atom. The van der Waals surface area contributed by atoms with Crippen LogP contribution in [0.2, 0.25) is 0 Å². The van der Waals surface area contributed by atoms with Crippen molar-refractivity contribution in [1.29, 1.82) is 0 Å². The average molecular weight is 241 g/mol. The number of hydrogen-bond donors (Lipinski definition) is 0. The van der Waals surface area contributed by atoms with Gasteiger partial charge >= 0.3 is 7.12 Å². The summed E-state index contributed by atoms with van der Waals surface area (Å²) < 4.78 is 12.0. The molecule has 0 spiro atoms. The van der Waals surface area contributed by atoms with Gasteiger partial charge in [-0.2, -0.15) is 0 Å². The fourth-order valence-electron chi connectivity index (χ4n) is 1.30. The third-order valence-corrected chi connectivity index (χ3v) is 2.50. The van der Waals surface area contributed by atoms with E-state index in [9.17, 15) is 0 Å². The molecule has 2 nitrogen and oxygen atoms in total. The van der Waals surface area contributed by atoms with Crippen LogP contribution >= 0.6 is 15.9 Å². The van der Waals surface area contributed by atoms with E-state index in [0.29, 0.717) is 0 Å². The van der Waals surface area contributed by atoms with Crippen molar-refractivity contribution in [2.75, 3.05) is 13.2 Å².